The van der Waals surface area contributed by atoms with Gasteiger partial charge in [-0.15, -0.1) is 0 Å². The SMILES string of the molecule is COC(=O)CCc1ccc(F)cc1CC1C2CCC(O2)C1C(=O)N[C@@H](CO)C(=O)OCc1ccccc1. The minimum Gasteiger partial charge on any atom is -0.469 e. The van der Waals surface area contributed by atoms with E-state index in [9.17, 15) is 23.9 Å². The average Bonchev–Trinajstić information content (AvgIpc) is 3.52. The smallest absolute Gasteiger partial charge is 0.331 e. The molecule has 37 heavy (non-hydrogen) atoms. The molecular weight excluding hydrogens is 481 g/mol. The lowest BCUT2D eigenvalue weighted by Gasteiger charge is -2.29. The highest BCUT2D eigenvalue weighted by Gasteiger charge is 2.52. The fourth-order valence-electron chi connectivity index (χ4n) is 5.29. The summed E-state index contributed by atoms with van der Waals surface area (Å²) < 4.78 is 30.2. The summed E-state index contributed by atoms with van der Waals surface area (Å²) in [7, 11) is 1.32. The van der Waals surface area contributed by atoms with Crippen LogP contribution in [-0.2, 0) is 48.0 Å². The Morgan fingerprint density at radius 1 is 1.11 bits per heavy atom. The Kier molecular flexibility index (Phi) is 8.89. The predicted molar refractivity (Wildman–Crippen MR) is 131 cm³/mol. The zero-order valence-electron chi connectivity index (χ0n) is 20.7. The van der Waals surface area contributed by atoms with Crippen molar-refractivity contribution in [2.75, 3.05) is 13.7 Å². The first-order chi connectivity index (χ1) is 17.9. The summed E-state index contributed by atoms with van der Waals surface area (Å²) in [6, 6.07) is 12.3. The van der Waals surface area contributed by atoms with Crippen molar-refractivity contribution in [3.63, 3.8) is 0 Å². The number of ether oxygens (including phenoxy) is 3. The summed E-state index contributed by atoms with van der Waals surface area (Å²) in [4.78, 5) is 37.5. The van der Waals surface area contributed by atoms with E-state index in [1.807, 2.05) is 30.3 Å². The molecule has 5 atom stereocenters. The van der Waals surface area contributed by atoms with Crippen molar-refractivity contribution in [3.05, 3.63) is 71.0 Å². The van der Waals surface area contributed by atoms with Crippen molar-refractivity contribution in [2.45, 2.75) is 57.0 Å². The Balaban J connectivity index is 1.44. The number of methoxy groups -OCH3 is 1. The van der Waals surface area contributed by atoms with E-state index in [2.05, 4.69) is 5.32 Å². The molecule has 2 fully saturated rings. The number of fused-ring (bicyclic) bond motifs is 2. The topological polar surface area (TPSA) is 111 Å². The van der Waals surface area contributed by atoms with Gasteiger partial charge in [-0.25, -0.2) is 9.18 Å². The number of aliphatic hydroxyl groups excluding tert-OH is 1. The van der Waals surface area contributed by atoms with Gasteiger partial charge in [0.1, 0.15) is 12.4 Å². The van der Waals surface area contributed by atoms with E-state index in [0.717, 1.165) is 17.5 Å². The first kappa shape index (κ1) is 26.8. The van der Waals surface area contributed by atoms with Gasteiger partial charge in [0.2, 0.25) is 5.91 Å². The second-order valence-electron chi connectivity index (χ2n) is 9.51. The van der Waals surface area contributed by atoms with Gasteiger partial charge in [-0.05, 0) is 54.5 Å². The van der Waals surface area contributed by atoms with Crippen LogP contribution in [0.2, 0.25) is 0 Å². The lowest BCUT2D eigenvalue weighted by Crippen LogP contribution is -2.50. The van der Waals surface area contributed by atoms with Gasteiger partial charge in [0.25, 0.3) is 0 Å². The summed E-state index contributed by atoms with van der Waals surface area (Å²) in [5, 5.41) is 12.4. The maximum absolute atomic E-state index is 14.2. The second-order valence-corrected chi connectivity index (χ2v) is 9.51. The quantitative estimate of drug-likeness (QED) is 0.444. The Bertz CT molecular complexity index is 1110. The van der Waals surface area contributed by atoms with Gasteiger partial charge in [0.05, 0.1) is 31.8 Å². The van der Waals surface area contributed by atoms with Gasteiger partial charge in [0.15, 0.2) is 6.04 Å². The number of benzene rings is 2. The highest BCUT2D eigenvalue weighted by Crippen LogP contribution is 2.45. The van der Waals surface area contributed by atoms with Gasteiger partial charge < -0.3 is 24.6 Å². The monoisotopic (exact) mass is 513 g/mol. The summed E-state index contributed by atoms with van der Waals surface area (Å²) in [6.07, 6.45) is 1.94. The molecule has 0 saturated carbocycles. The maximum Gasteiger partial charge on any atom is 0.331 e. The van der Waals surface area contributed by atoms with E-state index in [-0.39, 0.29) is 37.1 Å². The van der Waals surface area contributed by atoms with Crippen LogP contribution in [0.15, 0.2) is 48.5 Å². The standard InChI is InChI=1S/C28H32FNO7/c1-35-25(32)12-8-18-7-9-20(29)13-19(18)14-21-23-10-11-24(37-23)26(21)27(33)30-22(15-31)28(34)36-16-17-5-3-2-4-6-17/h2-7,9,13,21-24,26,31H,8,10-12,14-16H2,1H3,(H,30,33)/t21?,22-,23?,24?,26?/m0/s1. The van der Waals surface area contributed by atoms with Crippen LogP contribution in [0.3, 0.4) is 0 Å². The van der Waals surface area contributed by atoms with E-state index in [4.69, 9.17) is 14.2 Å². The molecule has 0 radical (unpaired) electrons. The second kappa shape index (κ2) is 12.3. The third-order valence-corrected chi connectivity index (χ3v) is 7.18. The number of aliphatic hydroxyl groups is 1. The largest absolute Gasteiger partial charge is 0.469 e. The van der Waals surface area contributed by atoms with Gasteiger partial charge in [0, 0.05) is 12.3 Å². The molecule has 2 aliphatic heterocycles. The van der Waals surface area contributed by atoms with Crippen molar-refractivity contribution in [2.24, 2.45) is 11.8 Å². The Hall–Kier alpha value is -3.30. The molecule has 2 N–H and O–H groups in total. The molecule has 2 aromatic carbocycles. The minimum atomic E-state index is -1.21. The van der Waals surface area contributed by atoms with E-state index >= 15 is 0 Å². The van der Waals surface area contributed by atoms with E-state index in [0.29, 0.717) is 24.8 Å². The predicted octanol–water partition coefficient (Wildman–Crippen LogP) is 2.49. The fraction of sp³-hybridized carbons (Fsp3) is 0.464. The molecule has 2 heterocycles. The van der Waals surface area contributed by atoms with Crippen LogP contribution in [0.4, 0.5) is 4.39 Å². The van der Waals surface area contributed by atoms with E-state index in [1.54, 1.807) is 6.07 Å². The molecule has 4 unspecified atom stereocenters. The maximum atomic E-state index is 14.2. The van der Waals surface area contributed by atoms with Crippen LogP contribution in [0, 0.1) is 17.7 Å². The molecule has 4 rings (SSSR count). The molecule has 2 aliphatic rings. The molecule has 2 aromatic rings. The number of aryl methyl sites for hydroxylation is 1. The zero-order valence-corrected chi connectivity index (χ0v) is 20.7. The highest BCUT2D eigenvalue weighted by molar-refractivity contribution is 5.86. The first-order valence-electron chi connectivity index (χ1n) is 12.5. The van der Waals surface area contributed by atoms with Crippen molar-refractivity contribution in [1.82, 2.24) is 5.32 Å². The minimum absolute atomic E-state index is 0.0276. The Morgan fingerprint density at radius 2 is 1.86 bits per heavy atom. The van der Waals surface area contributed by atoms with Crippen LogP contribution in [0.5, 0.6) is 0 Å². The fourth-order valence-corrected chi connectivity index (χ4v) is 5.29. The molecule has 198 valence electrons. The number of nitrogens with one attached hydrogen (secondary N) is 1. The van der Waals surface area contributed by atoms with Crippen molar-refractivity contribution < 1.29 is 38.1 Å². The van der Waals surface area contributed by atoms with Gasteiger partial charge in [-0.1, -0.05) is 36.4 Å². The van der Waals surface area contributed by atoms with Crippen LogP contribution in [0.1, 0.15) is 36.0 Å². The normalized spacial score (nSPS) is 22.9. The Morgan fingerprint density at radius 3 is 2.59 bits per heavy atom. The Labute approximate surface area is 215 Å². The van der Waals surface area contributed by atoms with Crippen LogP contribution in [0.25, 0.3) is 0 Å². The van der Waals surface area contributed by atoms with Gasteiger partial charge in [-0.3, -0.25) is 9.59 Å². The lowest BCUT2D eigenvalue weighted by molar-refractivity contribution is -0.151. The zero-order chi connectivity index (χ0) is 26.4. The molecule has 9 heteroatoms. The molecule has 2 bridgehead atoms. The number of hydrogen-bond acceptors (Lipinski definition) is 7. The van der Waals surface area contributed by atoms with Crippen molar-refractivity contribution in [1.29, 1.82) is 0 Å². The van der Waals surface area contributed by atoms with E-state index in [1.165, 1.54) is 19.2 Å². The summed E-state index contributed by atoms with van der Waals surface area (Å²) in [6.45, 7) is -0.576. The van der Waals surface area contributed by atoms with E-state index < -0.39 is 36.3 Å². The number of amides is 1. The average molecular weight is 514 g/mol. The summed E-state index contributed by atoms with van der Waals surface area (Å²) in [5.41, 5.74) is 2.31. The van der Waals surface area contributed by atoms with Gasteiger partial charge >= 0.3 is 11.9 Å². The number of rotatable bonds is 11. The molecule has 0 aliphatic carbocycles. The summed E-state index contributed by atoms with van der Waals surface area (Å²) >= 11 is 0. The number of halogens is 1. The molecule has 0 aromatic heterocycles. The lowest BCUT2D eigenvalue weighted by atomic mass is 9.75. The molecule has 2 saturated heterocycles. The third-order valence-electron chi connectivity index (χ3n) is 7.18. The molecule has 0 spiro atoms. The number of hydrogen-bond donors (Lipinski definition) is 2. The number of carbonyl (C=O) groups is 3. The van der Waals surface area contributed by atoms with Gasteiger partial charge in [-0.2, -0.15) is 0 Å². The highest BCUT2D eigenvalue weighted by atomic mass is 19.1. The molecule has 1 amide bonds. The van der Waals surface area contributed by atoms with Crippen molar-refractivity contribution in [3.8, 4) is 0 Å². The number of esters is 2. The van der Waals surface area contributed by atoms with Crippen LogP contribution < -0.4 is 5.32 Å². The summed E-state index contributed by atoms with van der Waals surface area (Å²) in [5.74, 6) is -2.69. The molecular formula is C28H32FNO7. The third kappa shape index (κ3) is 6.53. The number of carbonyl (C=O) groups excluding carboxylic acids is 3. The van der Waals surface area contributed by atoms with Crippen LogP contribution in [-0.4, -0.2) is 54.9 Å². The van der Waals surface area contributed by atoms with Crippen molar-refractivity contribution >= 4 is 17.8 Å². The molecule has 8 nitrogen and oxygen atoms in total. The first-order valence-corrected chi connectivity index (χ1v) is 12.5. The van der Waals surface area contributed by atoms with Crippen LogP contribution >= 0.6 is 0 Å².